The van der Waals surface area contributed by atoms with E-state index in [0.29, 0.717) is 24.3 Å². The van der Waals surface area contributed by atoms with Crippen LogP contribution in [0.25, 0.3) is 0 Å². The largest absolute Gasteiger partial charge is 0.368 e. The number of pyridine rings is 1. The van der Waals surface area contributed by atoms with Gasteiger partial charge in [0.25, 0.3) is 0 Å². The van der Waals surface area contributed by atoms with E-state index in [1.54, 1.807) is 6.20 Å². The van der Waals surface area contributed by atoms with Gasteiger partial charge < -0.3 is 5.32 Å². The van der Waals surface area contributed by atoms with Crippen molar-refractivity contribution in [1.82, 2.24) is 4.98 Å². The second-order valence-electron chi connectivity index (χ2n) is 2.84. The Balaban J connectivity index is 2.83. The average Bonchev–Trinajstić information content (AvgIpc) is 2.18. The molecule has 0 aliphatic heterocycles. The summed E-state index contributed by atoms with van der Waals surface area (Å²) in [5, 5.41) is 11.9. The highest BCUT2D eigenvalue weighted by atomic mass is 15.0. The van der Waals surface area contributed by atoms with Crippen molar-refractivity contribution < 1.29 is 0 Å². The molecule has 1 N–H and O–H groups in total. The molecule has 0 aliphatic carbocycles. The first kappa shape index (κ1) is 10.1. The first-order valence-corrected chi connectivity index (χ1v) is 4.32. The van der Waals surface area contributed by atoms with Gasteiger partial charge in [-0.1, -0.05) is 0 Å². The van der Waals surface area contributed by atoms with Gasteiger partial charge in [0.1, 0.15) is 11.9 Å². The maximum atomic E-state index is 8.89. The number of rotatable bonds is 3. The van der Waals surface area contributed by atoms with Crippen LogP contribution in [0.4, 0.5) is 5.82 Å². The molecule has 1 aromatic heterocycles. The molecule has 14 heavy (non-hydrogen) atoms. The lowest BCUT2D eigenvalue weighted by atomic mass is 10.1. The third-order valence-electron chi connectivity index (χ3n) is 1.83. The molecular formula is C11H11N3. The van der Waals surface area contributed by atoms with Crippen LogP contribution in [0, 0.1) is 30.6 Å². The van der Waals surface area contributed by atoms with E-state index in [9.17, 15) is 0 Å². The zero-order valence-corrected chi connectivity index (χ0v) is 8.04. The van der Waals surface area contributed by atoms with Gasteiger partial charge in [0.2, 0.25) is 0 Å². The maximum absolute atomic E-state index is 8.89. The number of anilines is 1. The van der Waals surface area contributed by atoms with E-state index in [-0.39, 0.29) is 0 Å². The number of nitrogens with zero attached hydrogens (tertiary/aromatic N) is 2. The highest BCUT2D eigenvalue weighted by Gasteiger charge is 2.04. The molecule has 0 saturated heterocycles. The normalized spacial score (nSPS) is 8.79. The Bertz CT molecular complexity index is 396. The Kier molecular flexibility index (Phi) is 3.52. The van der Waals surface area contributed by atoms with Crippen molar-refractivity contribution in [2.45, 2.75) is 13.3 Å². The minimum absolute atomic E-state index is 0.588. The Hall–Kier alpha value is -2.00. The van der Waals surface area contributed by atoms with Gasteiger partial charge in [0, 0.05) is 19.2 Å². The number of aromatic nitrogens is 1. The van der Waals surface area contributed by atoms with Crippen molar-refractivity contribution in [2.75, 3.05) is 11.9 Å². The molecule has 0 aromatic carbocycles. The number of hydrogen-bond donors (Lipinski definition) is 1. The van der Waals surface area contributed by atoms with E-state index in [1.165, 1.54) is 0 Å². The Morgan fingerprint density at radius 1 is 1.64 bits per heavy atom. The molecule has 0 fully saturated rings. The molecule has 0 atom stereocenters. The first-order chi connectivity index (χ1) is 6.79. The molecular weight excluding hydrogens is 174 g/mol. The lowest BCUT2D eigenvalue weighted by Gasteiger charge is -2.06. The molecule has 0 amide bonds. The van der Waals surface area contributed by atoms with Crippen molar-refractivity contribution in [3.63, 3.8) is 0 Å². The summed E-state index contributed by atoms with van der Waals surface area (Å²) < 4.78 is 0. The molecule has 1 aromatic rings. The second kappa shape index (κ2) is 4.89. The van der Waals surface area contributed by atoms with Crippen molar-refractivity contribution in [2.24, 2.45) is 0 Å². The van der Waals surface area contributed by atoms with Crippen LogP contribution in [0.15, 0.2) is 12.3 Å². The molecule has 1 heterocycles. The van der Waals surface area contributed by atoms with E-state index in [2.05, 4.69) is 22.3 Å². The first-order valence-electron chi connectivity index (χ1n) is 4.32. The summed E-state index contributed by atoms with van der Waals surface area (Å²) in [4.78, 5) is 4.08. The maximum Gasteiger partial charge on any atom is 0.144 e. The van der Waals surface area contributed by atoms with Crippen molar-refractivity contribution in [1.29, 1.82) is 5.26 Å². The molecule has 0 radical (unpaired) electrons. The van der Waals surface area contributed by atoms with Crippen LogP contribution in [0.2, 0.25) is 0 Å². The van der Waals surface area contributed by atoms with Crippen LogP contribution < -0.4 is 5.32 Å². The quantitative estimate of drug-likeness (QED) is 0.576. The molecule has 0 saturated carbocycles. The predicted molar refractivity (Wildman–Crippen MR) is 55.6 cm³/mol. The summed E-state index contributed by atoms with van der Waals surface area (Å²) in [6.45, 7) is 2.52. The minimum Gasteiger partial charge on any atom is -0.368 e. The topological polar surface area (TPSA) is 48.7 Å². The van der Waals surface area contributed by atoms with Gasteiger partial charge in [-0.25, -0.2) is 4.98 Å². The van der Waals surface area contributed by atoms with E-state index in [4.69, 9.17) is 11.7 Å². The number of hydrogen-bond acceptors (Lipinski definition) is 3. The summed E-state index contributed by atoms with van der Waals surface area (Å²) >= 11 is 0. The van der Waals surface area contributed by atoms with Crippen LogP contribution in [-0.2, 0) is 0 Å². The average molecular weight is 185 g/mol. The highest BCUT2D eigenvalue weighted by Crippen LogP contribution is 2.14. The van der Waals surface area contributed by atoms with Crippen LogP contribution in [0.3, 0.4) is 0 Å². The van der Waals surface area contributed by atoms with Crippen molar-refractivity contribution in [3.8, 4) is 18.4 Å². The SMILES string of the molecule is C#CCCNc1nccc(C)c1C#N. The summed E-state index contributed by atoms with van der Waals surface area (Å²) in [7, 11) is 0. The Morgan fingerprint density at radius 2 is 2.43 bits per heavy atom. The van der Waals surface area contributed by atoms with Crippen LogP contribution in [-0.4, -0.2) is 11.5 Å². The minimum atomic E-state index is 0.588. The van der Waals surface area contributed by atoms with Gasteiger partial charge in [-0.3, -0.25) is 0 Å². The third-order valence-corrected chi connectivity index (χ3v) is 1.83. The van der Waals surface area contributed by atoms with E-state index in [1.807, 2.05) is 13.0 Å². The van der Waals surface area contributed by atoms with Crippen LogP contribution >= 0.6 is 0 Å². The molecule has 0 unspecified atom stereocenters. The van der Waals surface area contributed by atoms with Crippen molar-refractivity contribution >= 4 is 5.82 Å². The molecule has 70 valence electrons. The van der Waals surface area contributed by atoms with E-state index >= 15 is 0 Å². The summed E-state index contributed by atoms with van der Waals surface area (Å²) in [5.41, 5.74) is 1.51. The second-order valence-corrected chi connectivity index (χ2v) is 2.84. The van der Waals surface area contributed by atoms with Crippen LogP contribution in [0.1, 0.15) is 17.5 Å². The van der Waals surface area contributed by atoms with Gasteiger partial charge in [0.05, 0.1) is 5.56 Å². The Labute approximate surface area is 83.8 Å². The Morgan fingerprint density at radius 3 is 3.07 bits per heavy atom. The standard InChI is InChI=1S/C11H11N3/c1-3-4-6-13-11-10(8-12)9(2)5-7-14-11/h1,5,7H,4,6H2,2H3,(H,13,14). The molecule has 1 rings (SSSR count). The summed E-state index contributed by atoms with van der Waals surface area (Å²) in [5.74, 6) is 3.13. The number of nitrogens with one attached hydrogen (secondary N) is 1. The fourth-order valence-corrected chi connectivity index (χ4v) is 1.09. The lowest BCUT2D eigenvalue weighted by molar-refractivity contribution is 1.07. The number of nitriles is 1. The number of terminal acetylenes is 1. The highest BCUT2D eigenvalue weighted by molar-refractivity contribution is 5.55. The molecule has 0 spiro atoms. The van der Waals surface area contributed by atoms with Gasteiger partial charge in [-0.05, 0) is 18.6 Å². The summed E-state index contributed by atoms with van der Waals surface area (Å²) in [6, 6.07) is 3.92. The van der Waals surface area contributed by atoms with Gasteiger partial charge in [-0.15, -0.1) is 12.3 Å². The molecule has 0 bridgehead atoms. The molecule has 0 aliphatic rings. The summed E-state index contributed by atoms with van der Waals surface area (Å²) in [6.07, 6.45) is 7.42. The zero-order valence-electron chi connectivity index (χ0n) is 8.04. The van der Waals surface area contributed by atoms with Crippen LogP contribution in [0.5, 0.6) is 0 Å². The van der Waals surface area contributed by atoms with Crippen molar-refractivity contribution in [3.05, 3.63) is 23.4 Å². The monoisotopic (exact) mass is 185 g/mol. The lowest BCUT2D eigenvalue weighted by Crippen LogP contribution is -2.05. The smallest absolute Gasteiger partial charge is 0.144 e. The van der Waals surface area contributed by atoms with E-state index in [0.717, 1.165) is 5.56 Å². The van der Waals surface area contributed by atoms with E-state index < -0.39 is 0 Å². The fraction of sp³-hybridized carbons (Fsp3) is 0.273. The predicted octanol–water partition coefficient (Wildman–Crippen LogP) is 1.70. The third kappa shape index (κ3) is 2.24. The molecule has 3 nitrogen and oxygen atoms in total. The fourth-order valence-electron chi connectivity index (χ4n) is 1.09. The zero-order chi connectivity index (χ0) is 10.4. The van der Waals surface area contributed by atoms with Gasteiger partial charge in [-0.2, -0.15) is 5.26 Å². The number of aryl methyl sites for hydroxylation is 1. The molecule has 3 heteroatoms. The van der Waals surface area contributed by atoms with Gasteiger partial charge >= 0.3 is 0 Å². The van der Waals surface area contributed by atoms with Gasteiger partial charge in [0.15, 0.2) is 0 Å².